The zero-order chi connectivity index (χ0) is 43.7. The van der Waals surface area contributed by atoms with Crippen LogP contribution in [0.1, 0.15) is 47.2 Å². The number of rotatable bonds is 3. The molecule has 0 amide bonds. The average Bonchev–Trinajstić information content (AvgIpc) is 3.68. The Morgan fingerprint density at radius 1 is 0.273 bits per heavy atom. The van der Waals surface area contributed by atoms with Crippen molar-refractivity contribution in [2.75, 3.05) is 4.90 Å². The molecule has 0 bridgehead atoms. The van der Waals surface area contributed by atoms with Crippen LogP contribution in [0.15, 0.2) is 224 Å². The molecule has 0 N–H and O–H groups in total. The Morgan fingerprint density at radius 2 is 0.606 bits per heavy atom. The smallest absolute Gasteiger partial charge is 0.135 e. The van der Waals surface area contributed by atoms with Gasteiger partial charge < -0.3 is 9.64 Å². The van der Waals surface area contributed by atoms with Gasteiger partial charge in [-0.25, -0.2) is 0 Å². The Labute approximate surface area is 385 Å². The van der Waals surface area contributed by atoms with Gasteiger partial charge in [0.15, 0.2) is 0 Å². The molecule has 310 valence electrons. The van der Waals surface area contributed by atoms with E-state index < -0.39 is 5.41 Å². The highest BCUT2D eigenvalue weighted by Crippen LogP contribution is 2.62. The van der Waals surface area contributed by atoms with Crippen LogP contribution in [0.4, 0.5) is 17.1 Å². The quantitative estimate of drug-likeness (QED) is 0.176. The minimum atomic E-state index is -0.602. The summed E-state index contributed by atoms with van der Waals surface area (Å²) in [6.45, 7) is 4.75. The van der Waals surface area contributed by atoms with Gasteiger partial charge in [-0.05, 0) is 138 Å². The van der Waals surface area contributed by atoms with Gasteiger partial charge >= 0.3 is 0 Å². The van der Waals surface area contributed by atoms with Crippen LogP contribution < -0.4 is 9.64 Å². The number of anilines is 3. The molecule has 4 aliphatic rings. The van der Waals surface area contributed by atoms with E-state index in [1.807, 2.05) is 0 Å². The van der Waals surface area contributed by atoms with Crippen LogP contribution in [0.3, 0.4) is 0 Å². The van der Waals surface area contributed by atoms with Crippen molar-refractivity contribution in [2.24, 2.45) is 0 Å². The van der Waals surface area contributed by atoms with E-state index in [2.05, 4.69) is 243 Å². The molecule has 3 aliphatic carbocycles. The maximum Gasteiger partial charge on any atom is 0.135 e. The summed E-state index contributed by atoms with van der Waals surface area (Å²) in [5, 5.41) is 0. The zero-order valence-electron chi connectivity index (χ0n) is 36.7. The summed E-state index contributed by atoms with van der Waals surface area (Å²) < 4.78 is 6.69. The molecule has 0 saturated carbocycles. The first kappa shape index (κ1) is 37.2. The van der Waals surface area contributed by atoms with E-state index in [-0.39, 0.29) is 5.41 Å². The maximum atomic E-state index is 6.69. The third-order valence-electron chi connectivity index (χ3n) is 15.1. The van der Waals surface area contributed by atoms with Crippen molar-refractivity contribution in [3.8, 4) is 78.3 Å². The molecule has 1 spiro atoms. The molecule has 1 heterocycles. The van der Waals surface area contributed by atoms with Gasteiger partial charge in [0.1, 0.15) is 11.5 Å². The van der Waals surface area contributed by atoms with E-state index in [1.54, 1.807) is 0 Å². The maximum absolute atomic E-state index is 6.69. The molecule has 66 heavy (non-hydrogen) atoms. The average molecular weight is 842 g/mol. The fraction of sp³-hybridized carbons (Fsp3) is 0.0625. The summed E-state index contributed by atoms with van der Waals surface area (Å²) in [6, 6.07) is 83.6. The lowest BCUT2D eigenvalue weighted by atomic mass is 9.66. The van der Waals surface area contributed by atoms with Crippen LogP contribution in [-0.2, 0) is 10.8 Å². The molecule has 2 heteroatoms. The number of nitrogens with zero attached hydrogens (tertiary/aromatic N) is 1. The minimum Gasteiger partial charge on any atom is -0.456 e. The topological polar surface area (TPSA) is 12.5 Å². The lowest BCUT2D eigenvalue weighted by molar-refractivity contribution is 0.488. The first-order valence-electron chi connectivity index (χ1n) is 23.1. The number of hydrogen-bond acceptors (Lipinski definition) is 2. The fourth-order valence-corrected chi connectivity index (χ4v) is 12.3. The third kappa shape index (κ3) is 4.96. The lowest BCUT2D eigenvalue weighted by Gasteiger charge is -2.36. The Kier molecular flexibility index (Phi) is 7.70. The van der Waals surface area contributed by atoms with Crippen molar-refractivity contribution in [2.45, 2.75) is 24.7 Å². The predicted molar refractivity (Wildman–Crippen MR) is 271 cm³/mol. The van der Waals surface area contributed by atoms with Crippen LogP contribution in [0.25, 0.3) is 66.8 Å². The van der Waals surface area contributed by atoms with Crippen molar-refractivity contribution < 1.29 is 4.74 Å². The summed E-state index contributed by atoms with van der Waals surface area (Å²) in [5.41, 5.74) is 25.1. The summed E-state index contributed by atoms with van der Waals surface area (Å²) in [4.78, 5) is 2.50. The Balaban J connectivity index is 1.08. The van der Waals surface area contributed by atoms with Gasteiger partial charge in [-0.3, -0.25) is 0 Å². The standard InChI is InChI=1S/C64H43NO/c1-63(2)55-25-11-5-20-47(55)51-36-33-41(38-59(51)63)65(40-31-34-45-52-23-9-15-29-61(52)66-62-30-16-10-24-53(62)54(45)37-40)42-32-35-50-44-18-4-3-17-43(44)46-19-6-12-26-56(46)64(60(50)39-42)57-27-13-7-21-48(57)49-22-8-14-28-58(49)64/h3-39H,1-2H3. The summed E-state index contributed by atoms with van der Waals surface area (Å²) in [7, 11) is 0. The monoisotopic (exact) mass is 841 g/mol. The van der Waals surface area contributed by atoms with Gasteiger partial charge in [-0.2, -0.15) is 0 Å². The van der Waals surface area contributed by atoms with Crippen LogP contribution in [0.5, 0.6) is 11.5 Å². The van der Waals surface area contributed by atoms with Gasteiger partial charge in [0, 0.05) is 33.6 Å². The van der Waals surface area contributed by atoms with Crippen LogP contribution >= 0.6 is 0 Å². The molecule has 0 atom stereocenters. The number of para-hydroxylation sites is 2. The van der Waals surface area contributed by atoms with Gasteiger partial charge in [-0.15, -0.1) is 0 Å². The second-order valence-corrected chi connectivity index (χ2v) is 18.7. The normalized spacial score (nSPS) is 14.3. The van der Waals surface area contributed by atoms with Gasteiger partial charge in [-0.1, -0.05) is 190 Å². The van der Waals surface area contributed by atoms with Crippen molar-refractivity contribution in [1.82, 2.24) is 0 Å². The van der Waals surface area contributed by atoms with E-state index in [0.717, 1.165) is 50.8 Å². The molecule has 1 aliphatic heterocycles. The highest BCUT2D eigenvalue weighted by atomic mass is 16.5. The Morgan fingerprint density at radius 3 is 1.15 bits per heavy atom. The molecule has 0 fully saturated rings. The first-order chi connectivity index (χ1) is 32.5. The number of fused-ring (bicyclic) bond motifs is 20. The molecular weight excluding hydrogens is 799 g/mol. The lowest BCUT2D eigenvalue weighted by Crippen LogP contribution is -2.29. The van der Waals surface area contributed by atoms with Crippen LogP contribution in [0, 0.1) is 0 Å². The van der Waals surface area contributed by atoms with Gasteiger partial charge in [0.05, 0.1) is 5.41 Å². The largest absolute Gasteiger partial charge is 0.456 e. The SMILES string of the molecule is CC1(C)c2ccccc2-c2ccc(N(c3ccc4c(c3)-c3ccccc3Oc3ccccc3-4)c3ccc4c(c3)C3(c5ccccc5-c5ccccc5-4)c4ccccc4-c4ccccc43)cc21. The Hall–Kier alpha value is -8.20. The van der Waals surface area contributed by atoms with E-state index in [4.69, 9.17) is 4.74 Å². The van der Waals surface area contributed by atoms with Crippen molar-refractivity contribution in [1.29, 1.82) is 0 Å². The Bertz CT molecular complexity index is 3640. The van der Waals surface area contributed by atoms with E-state index >= 15 is 0 Å². The highest BCUT2D eigenvalue weighted by molar-refractivity contribution is 5.99. The van der Waals surface area contributed by atoms with E-state index in [0.29, 0.717) is 0 Å². The zero-order valence-corrected chi connectivity index (χ0v) is 36.7. The minimum absolute atomic E-state index is 0.177. The molecule has 10 aromatic rings. The molecule has 0 saturated heterocycles. The molecular formula is C64H43NO. The summed E-state index contributed by atoms with van der Waals surface area (Å²) in [5.74, 6) is 1.72. The molecule has 10 aromatic carbocycles. The highest BCUT2D eigenvalue weighted by Gasteiger charge is 2.50. The van der Waals surface area contributed by atoms with E-state index in [9.17, 15) is 0 Å². The van der Waals surface area contributed by atoms with Crippen molar-refractivity contribution in [3.63, 3.8) is 0 Å². The molecule has 0 radical (unpaired) electrons. The fourth-order valence-electron chi connectivity index (χ4n) is 12.3. The molecule has 14 rings (SSSR count). The van der Waals surface area contributed by atoms with Crippen LogP contribution in [0.2, 0.25) is 0 Å². The summed E-state index contributed by atoms with van der Waals surface area (Å²) in [6.07, 6.45) is 0. The van der Waals surface area contributed by atoms with Crippen molar-refractivity contribution in [3.05, 3.63) is 258 Å². The number of ether oxygens (including phenoxy) is 1. The molecule has 0 aromatic heterocycles. The van der Waals surface area contributed by atoms with Gasteiger partial charge in [0.2, 0.25) is 0 Å². The molecule has 0 unspecified atom stereocenters. The van der Waals surface area contributed by atoms with Crippen LogP contribution in [-0.4, -0.2) is 0 Å². The second-order valence-electron chi connectivity index (χ2n) is 18.7. The second kappa shape index (κ2) is 13.7. The van der Waals surface area contributed by atoms with Crippen molar-refractivity contribution >= 4 is 17.1 Å². The molecule has 2 nitrogen and oxygen atoms in total. The third-order valence-corrected chi connectivity index (χ3v) is 15.1. The predicted octanol–water partition coefficient (Wildman–Crippen LogP) is 16.9. The number of benzene rings is 10. The van der Waals surface area contributed by atoms with Gasteiger partial charge in [0.25, 0.3) is 0 Å². The van der Waals surface area contributed by atoms with E-state index in [1.165, 1.54) is 77.9 Å². The first-order valence-corrected chi connectivity index (χ1v) is 23.1. The summed E-state index contributed by atoms with van der Waals surface area (Å²) >= 11 is 0. The number of hydrogen-bond donors (Lipinski definition) is 0.